The summed E-state index contributed by atoms with van der Waals surface area (Å²) in [5.41, 5.74) is 1.18. The van der Waals surface area contributed by atoms with Crippen LogP contribution in [0.3, 0.4) is 0 Å². The first-order valence-corrected chi connectivity index (χ1v) is 7.98. The Morgan fingerprint density at radius 1 is 1.10 bits per heavy atom. The lowest BCUT2D eigenvalue weighted by Gasteiger charge is -2.17. The second kappa shape index (κ2) is 11.3. The van der Waals surface area contributed by atoms with Crippen LogP contribution in [0.1, 0.15) is 57.4 Å². The molecule has 0 N–H and O–H groups in total. The maximum atomic E-state index is 10.3. The largest absolute Gasteiger partial charge is 0.497 e. The minimum Gasteiger partial charge on any atom is -0.497 e. The van der Waals surface area contributed by atoms with Crippen molar-refractivity contribution in [2.45, 2.75) is 64.6 Å². The van der Waals surface area contributed by atoms with E-state index in [2.05, 4.69) is 6.92 Å². The molecule has 1 aromatic carbocycles. The number of carbonyl (C=O) groups excluding carboxylic acids is 1. The molecule has 0 amide bonds. The molecule has 21 heavy (non-hydrogen) atoms. The summed E-state index contributed by atoms with van der Waals surface area (Å²) in [6.07, 6.45) is 8.60. The molecule has 1 aromatic rings. The van der Waals surface area contributed by atoms with E-state index in [9.17, 15) is 4.79 Å². The van der Waals surface area contributed by atoms with Gasteiger partial charge in [0, 0.05) is 6.42 Å². The number of carbonyl (C=O) groups is 1. The highest BCUT2D eigenvalue weighted by Crippen LogP contribution is 2.17. The van der Waals surface area contributed by atoms with E-state index in [0.29, 0.717) is 19.1 Å². The van der Waals surface area contributed by atoms with Crippen molar-refractivity contribution in [1.82, 2.24) is 0 Å². The van der Waals surface area contributed by atoms with Crippen molar-refractivity contribution in [3.8, 4) is 5.75 Å². The number of hydrogen-bond donors (Lipinski definition) is 0. The Labute approximate surface area is 128 Å². The quantitative estimate of drug-likeness (QED) is 0.419. The molecule has 0 aliphatic carbocycles. The van der Waals surface area contributed by atoms with Crippen molar-refractivity contribution >= 4 is 6.29 Å². The molecule has 0 aliphatic rings. The van der Waals surface area contributed by atoms with Crippen LogP contribution in [0.2, 0.25) is 0 Å². The smallest absolute Gasteiger partial charge is 0.119 e. The average Bonchev–Trinajstić information content (AvgIpc) is 2.52. The van der Waals surface area contributed by atoms with Gasteiger partial charge in [0.2, 0.25) is 0 Å². The Bertz CT molecular complexity index is 373. The molecule has 0 heterocycles. The van der Waals surface area contributed by atoms with Crippen molar-refractivity contribution < 1.29 is 14.3 Å². The van der Waals surface area contributed by atoms with Gasteiger partial charge in [-0.25, -0.2) is 0 Å². The summed E-state index contributed by atoms with van der Waals surface area (Å²) >= 11 is 0. The molecular formula is C18H28O3. The van der Waals surface area contributed by atoms with Gasteiger partial charge in [0.25, 0.3) is 0 Å². The maximum Gasteiger partial charge on any atom is 0.119 e. The highest BCUT2D eigenvalue weighted by atomic mass is 16.5. The summed E-state index contributed by atoms with van der Waals surface area (Å²) in [5.74, 6) is 0.874. The molecule has 0 aromatic heterocycles. The van der Waals surface area contributed by atoms with Gasteiger partial charge in [-0.1, -0.05) is 38.3 Å². The average molecular weight is 292 g/mol. The van der Waals surface area contributed by atoms with Gasteiger partial charge in [-0.2, -0.15) is 0 Å². The SMILES string of the molecule is CCC[C@H](CCCCCC=O)OCc1ccc(OC)cc1. The lowest BCUT2D eigenvalue weighted by atomic mass is 10.1. The summed E-state index contributed by atoms with van der Waals surface area (Å²) in [5, 5.41) is 0. The van der Waals surface area contributed by atoms with Crippen LogP contribution in [0.25, 0.3) is 0 Å². The monoisotopic (exact) mass is 292 g/mol. The third-order valence-corrected chi connectivity index (χ3v) is 3.60. The van der Waals surface area contributed by atoms with Gasteiger partial charge in [0.1, 0.15) is 12.0 Å². The van der Waals surface area contributed by atoms with E-state index in [1.54, 1.807) is 7.11 Å². The molecule has 1 rings (SSSR count). The third kappa shape index (κ3) is 7.86. The van der Waals surface area contributed by atoms with Crippen LogP contribution >= 0.6 is 0 Å². The van der Waals surface area contributed by atoms with Crippen LogP contribution < -0.4 is 4.74 Å². The van der Waals surface area contributed by atoms with Crippen molar-refractivity contribution in [3.63, 3.8) is 0 Å². The summed E-state index contributed by atoms with van der Waals surface area (Å²) in [4.78, 5) is 10.3. The van der Waals surface area contributed by atoms with E-state index in [1.165, 1.54) is 5.56 Å². The number of aldehydes is 1. The van der Waals surface area contributed by atoms with Crippen LogP contribution in [-0.4, -0.2) is 19.5 Å². The predicted octanol–water partition coefficient (Wildman–Crippen LogP) is 4.53. The van der Waals surface area contributed by atoms with Crippen molar-refractivity contribution in [1.29, 1.82) is 0 Å². The Morgan fingerprint density at radius 3 is 2.48 bits per heavy atom. The molecule has 1 atom stereocenters. The number of methoxy groups -OCH3 is 1. The molecule has 0 fully saturated rings. The second-order valence-electron chi connectivity index (χ2n) is 5.37. The van der Waals surface area contributed by atoms with E-state index in [-0.39, 0.29) is 0 Å². The van der Waals surface area contributed by atoms with Gasteiger partial charge < -0.3 is 14.3 Å². The molecule has 0 unspecified atom stereocenters. The zero-order chi connectivity index (χ0) is 15.3. The lowest BCUT2D eigenvalue weighted by Crippen LogP contribution is -2.12. The topological polar surface area (TPSA) is 35.5 Å². The molecule has 0 spiro atoms. The summed E-state index contributed by atoms with van der Waals surface area (Å²) in [7, 11) is 1.67. The molecule has 0 saturated heterocycles. The Balaban J connectivity index is 2.30. The molecule has 0 bridgehead atoms. The Morgan fingerprint density at radius 2 is 1.86 bits per heavy atom. The van der Waals surface area contributed by atoms with E-state index in [1.807, 2.05) is 24.3 Å². The zero-order valence-corrected chi connectivity index (χ0v) is 13.3. The van der Waals surface area contributed by atoms with Gasteiger partial charge in [-0.05, 0) is 37.0 Å². The molecule has 0 radical (unpaired) electrons. The standard InChI is InChI=1S/C18H28O3/c1-3-8-18(9-6-4-5-7-14-19)21-15-16-10-12-17(20-2)13-11-16/h10-14,18H,3-9,15H2,1-2H3/t18-/m1/s1. The van der Waals surface area contributed by atoms with E-state index in [0.717, 1.165) is 50.6 Å². The normalized spacial score (nSPS) is 12.1. The summed E-state index contributed by atoms with van der Waals surface area (Å²) in [6.45, 7) is 2.85. The number of benzene rings is 1. The molecule has 0 saturated carbocycles. The van der Waals surface area contributed by atoms with Gasteiger partial charge in [-0.15, -0.1) is 0 Å². The molecular weight excluding hydrogens is 264 g/mol. The van der Waals surface area contributed by atoms with Crippen molar-refractivity contribution in [2.75, 3.05) is 7.11 Å². The number of ether oxygens (including phenoxy) is 2. The first-order valence-electron chi connectivity index (χ1n) is 7.98. The lowest BCUT2D eigenvalue weighted by molar-refractivity contribution is -0.107. The third-order valence-electron chi connectivity index (χ3n) is 3.60. The van der Waals surface area contributed by atoms with E-state index >= 15 is 0 Å². The van der Waals surface area contributed by atoms with Crippen LogP contribution in [0, 0.1) is 0 Å². The highest BCUT2D eigenvalue weighted by molar-refractivity contribution is 5.48. The van der Waals surface area contributed by atoms with Gasteiger partial charge >= 0.3 is 0 Å². The van der Waals surface area contributed by atoms with E-state index < -0.39 is 0 Å². The molecule has 3 nitrogen and oxygen atoms in total. The summed E-state index contributed by atoms with van der Waals surface area (Å²) in [6, 6.07) is 8.03. The number of hydrogen-bond acceptors (Lipinski definition) is 3. The van der Waals surface area contributed by atoms with Gasteiger partial charge in [0.05, 0.1) is 19.8 Å². The predicted molar refractivity (Wildman–Crippen MR) is 85.6 cm³/mol. The fraction of sp³-hybridized carbons (Fsp3) is 0.611. The van der Waals surface area contributed by atoms with Crippen LogP contribution in [-0.2, 0) is 16.1 Å². The first-order chi connectivity index (χ1) is 10.3. The van der Waals surface area contributed by atoms with Gasteiger partial charge in [0.15, 0.2) is 0 Å². The fourth-order valence-electron chi connectivity index (χ4n) is 2.35. The zero-order valence-electron chi connectivity index (χ0n) is 13.3. The minimum absolute atomic E-state index is 0.327. The Kier molecular flexibility index (Phi) is 9.55. The molecule has 0 aliphatic heterocycles. The molecule has 118 valence electrons. The Hall–Kier alpha value is -1.35. The summed E-state index contributed by atoms with van der Waals surface area (Å²) < 4.78 is 11.2. The second-order valence-corrected chi connectivity index (χ2v) is 5.37. The number of rotatable bonds is 12. The van der Waals surface area contributed by atoms with Crippen molar-refractivity contribution in [3.05, 3.63) is 29.8 Å². The first kappa shape index (κ1) is 17.7. The highest BCUT2D eigenvalue weighted by Gasteiger charge is 2.08. The van der Waals surface area contributed by atoms with Crippen LogP contribution in [0.5, 0.6) is 5.75 Å². The fourth-order valence-corrected chi connectivity index (χ4v) is 2.35. The molecule has 3 heteroatoms. The van der Waals surface area contributed by atoms with E-state index in [4.69, 9.17) is 9.47 Å². The number of unbranched alkanes of at least 4 members (excludes halogenated alkanes) is 3. The minimum atomic E-state index is 0.327. The van der Waals surface area contributed by atoms with Crippen molar-refractivity contribution in [2.24, 2.45) is 0 Å². The van der Waals surface area contributed by atoms with Crippen LogP contribution in [0.15, 0.2) is 24.3 Å². The van der Waals surface area contributed by atoms with Gasteiger partial charge in [-0.3, -0.25) is 0 Å². The van der Waals surface area contributed by atoms with Crippen LogP contribution in [0.4, 0.5) is 0 Å². The maximum absolute atomic E-state index is 10.3.